The topological polar surface area (TPSA) is 49.0 Å². The Bertz CT molecular complexity index is 752. The zero-order valence-electron chi connectivity index (χ0n) is 14.5. The molecule has 24 heavy (non-hydrogen) atoms. The maximum atomic E-state index is 12.5. The van der Waals surface area contributed by atoms with Crippen LogP contribution in [0.3, 0.4) is 0 Å². The number of hydrogen-bond acceptors (Lipinski definition) is 2. The molecule has 2 aliphatic rings. The fraction of sp³-hybridized carbons (Fsp3) is 0.500. The van der Waals surface area contributed by atoms with Gasteiger partial charge in [-0.25, -0.2) is 0 Å². The van der Waals surface area contributed by atoms with E-state index in [1.165, 1.54) is 22.4 Å². The van der Waals surface area contributed by atoms with Crippen LogP contribution in [0.4, 0.5) is 0 Å². The molecule has 2 heterocycles. The zero-order valence-corrected chi connectivity index (χ0v) is 14.5. The highest BCUT2D eigenvalue weighted by molar-refractivity contribution is 5.85. The number of nitrogens with zero attached hydrogens (tertiary/aromatic N) is 2. The Balaban J connectivity index is 1.49. The van der Waals surface area contributed by atoms with Gasteiger partial charge in [-0.2, -0.15) is 5.10 Å². The molecule has 4 rings (SSSR count). The molecular weight excluding hydrogens is 298 g/mol. The molecule has 1 aromatic heterocycles. The van der Waals surface area contributed by atoms with Gasteiger partial charge in [-0.15, -0.1) is 0 Å². The van der Waals surface area contributed by atoms with E-state index < -0.39 is 0 Å². The fourth-order valence-corrected chi connectivity index (χ4v) is 3.80. The van der Waals surface area contributed by atoms with Crippen LogP contribution in [0.25, 0.3) is 11.1 Å². The lowest BCUT2D eigenvalue weighted by Crippen LogP contribution is -2.41. The van der Waals surface area contributed by atoms with Crippen LogP contribution in [0.1, 0.15) is 49.8 Å². The second kappa shape index (κ2) is 5.76. The number of aryl methyl sites for hydroxylation is 1. The smallest absolute Gasteiger partial charge is 0.228 e. The molecule has 1 saturated carbocycles. The van der Waals surface area contributed by atoms with Crippen molar-refractivity contribution in [2.24, 2.45) is 5.41 Å². The monoisotopic (exact) mass is 323 g/mol. The van der Waals surface area contributed by atoms with Gasteiger partial charge < -0.3 is 4.90 Å². The third-order valence-electron chi connectivity index (χ3n) is 5.70. The summed E-state index contributed by atoms with van der Waals surface area (Å²) in [6.45, 7) is 5.95. The van der Waals surface area contributed by atoms with Gasteiger partial charge in [-0.3, -0.25) is 9.89 Å². The van der Waals surface area contributed by atoms with Crippen molar-refractivity contribution in [1.82, 2.24) is 15.1 Å². The molecule has 4 nitrogen and oxygen atoms in total. The van der Waals surface area contributed by atoms with Crippen molar-refractivity contribution in [3.63, 3.8) is 0 Å². The summed E-state index contributed by atoms with van der Waals surface area (Å²) >= 11 is 0. The number of amides is 1. The summed E-state index contributed by atoms with van der Waals surface area (Å²) < 4.78 is 0. The van der Waals surface area contributed by atoms with Crippen LogP contribution in [-0.2, 0) is 4.79 Å². The van der Waals surface area contributed by atoms with Crippen LogP contribution in [0.2, 0.25) is 0 Å². The molecule has 1 amide bonds. The van der Waals surface area contributed by atoms with Crippen LogP contribution < -0.4 is 0 Å². The Morgan fingerprint density at radius 2 is 2.04 bits per heavy atom. The molecule has 0 spiro atoms. The summed E-state index contributed by atoms with van der Waals surface area (Å²) in [5.41, 5.74) is 4.87. The van der Waals surface area contributed by atoms with E-state index in [0.29, 0.717) is 11.8 Å². The number of aromatic nitrogens is 2. The van der Waals surface area contributed by atoms with Gasteiger partial charge >= 0.3 is 0 Å². The summed E-state index contributed by atoms with van der Waals surface area (Å²) in [5.74, 6) is 0.823. The average Bonchev–Trinajstić information content (AvgIpc) is 3.16. The minimum Gasteiger partial charge on any atom is -0.342 e. The number of aromatic amines is 1. The predicted octanol–water partition coefficient (Wildman–Crippen LogP) is 3.89. The Morgan fingerprint density at radius 1 is 1.29 bits per heavy atom. The lowest BCUT2D eigenvalue weighted by molar-refractivity contribution is -0.137. The lowest BCUT2D eigenvalue weighted by atomic mass is 9.89. The maximum absolute atomic E-state index is 12.5. The highest BCUT2D eigenvalue weighted by Gasteiger charge is 2.47. The molecule has 126 valence electrons. The first-order valence-electron chi connectivity index (χ1n) is 8.96. The number of H-pyrrole nitrogens is 1. The Hall–Kier alpha value is -2.10. The van der Waals surface area contributed by atoms with Crippen LogP contribution >= 0.6 is 0 Å². The van der Waals surface area contributed by atoms with E-state index >= 15 is 0 Å². The SMILES string of the molecule is Cc1cccc(-c2cn[nH]c2C2CCN(C(=O)C3(C)CC3)CC2)c1. The summed E-state index contributed by atoms with van der Waals surface area (Å²) in [5, 5.41) is 7.53. The second-order valence-electron chi connectivity index (χ2n) is 7.69. The molecule has 0 radical (unpaired) electrons. The summed E-state index contributed by atoms with van der Waals surface area (Å²) in [4.78, 5) is 14.6. The number of piperidine rings is 1. The highest BCUT2D eigenvalue weighted by Crippen LogP contribution is 2.47. The molecule has 0 bridgehead atoms. The van der Waals surface area contributed by atoms with Crippen LogP contribution in [0, 0.1) is 12.3 Å². The van der Waals surface area contributed by atoms with Gasteiger partial charge in [0, 0.05) is 35.7 Å². The number of nitrogens with one attached hydrogen (secondary N) is 1. The molecular formula is C20H25N3O. The lowest BCUT2D eigenvalue weighted by Gasteiger charge is -2.33. The number of carbonyl (C=O) groups excluding carboxylic acids is 1. The van der Waals surface area contributed by atoms with E-state index in [0.717, 1.165) is 38.8 Å². The average molecular weight is 323 g/mol. The first kappa shape index (κ1) is 15.4. The van der Waals surface area contributed by atoms with Crippen LogP contribution in [-0.4, -0.2) is 34.1 Å². The summed E-state index contributed by atoms with van der Waals surface area (Å²) in [6.07, 6.45) is 6.09. The van der Waals surface area contributed by atoms with Gasteiger partial charge in [0.1, 0.15) is 0 Å². The Kier molecular flexibility index (Phi) is 3.70. The van der Waals surface area contributed by atoms with E-state index in [9.17, 15) is 4.79 Å². The molecule has 1 aliphatic carbocycles. The molecule has 2 aromatic rings. The van der Waals surface area contributed by atoms with Crippen LogP contribution in [0.5, 0.6) is 0 Å². The van der Waals surface area contributed by atoms with Gasteiger partial charge in [0.25, 0.3) is 0 Å². The van der Waals surface area contributed by atoms with Crippen molar-refractivity contribution in [3.8, 4) is 11.1 Å². The standard InChI is InChI=1S/C20H25N3O/c1-14-4-3-5-16(12-14)17-13-21-22-18(17)15-6-10-23(11-7-15)19(24)20(2)8-9-20/h3-5,12-13,15H,6-11H2,1-2H3,(H,21,22). The Morgan fingerprint density at radius 3 is 2.71 bits per heavy atom. The van der Waals surface area contributed by atoms with Gasteiger partial charge in [-0.1, -0.05) is 36.8 Å². The molecule has 0 atom stereocenters. The van der Waals surface area contributed by atoms with Crippen molar-refractivity contribution < 1.29 is 4.79 Å². The summed E-state index contributed by atoms with van der Waals surface area (Å²) in [6, 6.07) is 8.57. The van der Waals surface area contributed by atoms with E-state index in [4.69, 9.17) is 0 Å². The first-order chi connectivity index (χ1) is 11.6. The quantitative estimate of drug-likeness (QED) is 0.931. The van der Waals surface area contributed by atoms with Gasteiger partial charge in [0.05, 0.1) is 6.20 Å². The summed E-state index contributed by atoms with van der Waals surface area (Å²) in [7, 11) is 0. The number of hydrogen-bond donors (Lipinski definition) is 1. The van der Waals surface area contributed by atoms with Crippen LogP contribution in [0.15, 0.2) is 30.5 Å². The minimum absolute atomic E-state index is 0.0481. The van der Waals surface area contributed by atoms with E-state index in [2.05, 4.69) is 53.2 Å². The molecule has 1 saturated heterocycles. The van der Waals surface area contributed by atoms with Crippen molar-refractivity contribution in [2.75, 3.05) is 13.1 Å². The van der Waals surface area contributed by atoms with E-state index in [-0.39, 0.29) is 5.41 Å². The number of rotatable bonds is 3. The maximum Gasteiger partial charge on any atom is 0.228 e. The highest BCUT2D eigenvalue weighted by atomic mass is 16.2. The number of likely N-dealkylation sites (tertiary alicyclic amines) is 1. The normalized spacial score (nSPS) is 20.2. The van der Waals surface area contributed by atoms with Crippen molar-refractivity contribution in [3.05, 3.63) is 41.7 Å². The van der Waals surface area contributed by atoms with Gasteiger partial charge in [0.2, 0.25) is 5.91 Å². The number of carbonyl (C=O) groups is 1. The second-order valence-corrected chi connectivity index (χ2v) is 7.69. The minimum atomic E-state index is -0.0481. The molecule has 1 aliphatic heterocycles. The molecule has 1 N–H and O–H groups in total. The van der Waals surface area contributed by atoms with E-state index in [1.54, 1.807) is 0 Å². The predicted molar refractivity (Wildman–Crippen MR) is 94.7 cm³/mol. The van der Waals surface area contributed by atoms with Crippen molar-refractivity contribution in [1.29, 1.82) is 0 Å². The van der Waals surface area contributed by atoms with Crippen molar-refractivity contribution in [2.45, 2.75) is 45.4 Å². The van der Waals surface area contributed by atoms with E-state index in [1.807, 2.05) is 6.20 Å². The molecule has 1 aromatic carbocycles. The van der Waals surface area contributed by atoms with Gasteiger partial charge in [-0.05, 0) is 38.2 Å². The van der Waals surface area contributed by atoms with Gasteiger partial charge in [0.15, 0.2) is 0 Å². The zero-order chi connectivity index (χ0) is 16.7. The molecule has 0 unspecified atom stereocenters. The number of benzene rings is 1. The van der Waals surface area contributed by atoms with Crippen molar-refractivity contribution >= 4 is 5.91 Å². The molecule has 4 heteroatoms. The third-order valence-corrected chi connectivity index (χ3v) is 5.70. The largest absolute Gasteiger partial charge is 0.342 e. The molecule has 2 fully saturated rings. The third kappa shape index (κ3) is 2.74. The Labute approximate surface area is 143 Å². The first-order valence-corrected chi connectivity index (χ1v) is 8.96. The fourth-order valence-electron chi connectivity index (χ4n) is 3.80.